The van der Waals surface area contributed by atoms with Gasteiger partial charge in [-0.05, 0) is 54.8 Å². The predicted molar refractivity (Wildman–Crippen MR) is 149 cm³/mol. The van der Waals surface area contributed by atoms with Crippen LogP contribution in [0.5, 0.6) is 11.5 Å². The Morgan fingerprint density at radius 1 is 0.897 bits per heavy atom. The summed E-state index contributed by atoms with van der Waals surface area (Å²) < 4.78 is 7.40. The fourth-order valence-electron chi connectivity index (χ4n) is 4.27. The Morgan fingerprint density at radius 2 is 1.64 bits per heavy atom. The highest BCUT2D eigenvalue weighted by Gasteiger charge is 2.27. The van der Waals surface area contributed by atoms with Gasteiger partial charge in [0, 0.05) is 35.2 Å². The molecule has 0 atom stereocenters. The minimum Gasteiger partial charge on any atom is -0.457 e. The van der Waals surface area contributed by atoms with Crippen molar-refractivity contribution in [2.75, 3.05) is 16.4 Å². The molecule has 5 N–H and O–H groups in total. The lowest BCUT2D eigenvalue weighted by atomic mass is 10.0. The van der Waals surface area contributed by atoms with E-state index < -0.39 is 6.03 Å². The van der Waals surface area contributed by atoms with Gasteiger partial charge in [-0.15, -0.1) is 0 Å². The molecule has 10 heteroatoms. The normalized spacial score (nSPS) is 12.6. The van der Waals surface area contributed by atoms with Gasteiger partial charge >= 0.3 is 6.03 Å². The molecule has 1 fully saturated rings. The van der Waals surface area contributed by atoms with Gasteiger partial charge in [-0.3, -0.25) is 4.79 Å². The Morgan fingerprint density at radius 3 is 2.41 bits per heavy atom. The summed E-state index contributed by atoms with van der Waals surface area (Å²) in [5.74, 6) is 1.40. The second-order valence-electron chi connectivity index (χ2n) is 9.20. The van der Waals surface area contributed by atoms with E-state index in [1.807, 2.05) is 48.5 Å². The highest BCUT2D eigenvalue weighted by molar-refractivity contribution is 6.07. The molecule has 1 aliphatic rings. The van der Waals surface area contributed by atoms with Crippen LogP contribution in [0.1, 0.15) is 23.2 Å². The number of aromatic nitrogens is 3. The maximum Gasteiger partial charge on any atom is 0.323 e. The number of ether oxygens (including phenoxy) is 1. The van der Waals surface area contributed by atoms with Crippen molar-refractivity contribution in [1.82, 2.24) is 19.9 Å². The first-order chi connectivity index (χ1) is 19.0. The molecule has 0 aliphatic heterocycles. The zero-order valence-corrected chi connectivity index (χ0v) is 20.8. The second kappa shape index (κ2) is 10.2. The van der Waals surface area contributed by atoms with Crippen molar-refractivity contribution in [3.63, 3.8) is 0 Å². The lowest BCUT2D eigenvalue weighted by molar-refractivity contribution is 0.0951. The summed E-state index contributed by atoms with van der Waals surface area (Å²) in [5, 5.41) is 12.9. The summed E-state index contributed by atoms with van der Waals surface area (Å²) in [6.07, 6.45) is 4.96. The van der Waals surface area contributed by atoms with Gasteiger partial charge < -0.3 is 26.4 Å². The molecule has 6 rings (SSSR count). The molecule has 0 saturated heterocycles. The number of nitrogen functional groups attached to an aromatic ring is 1. The van der Waals surface area contributed by atoms with Gasteiger partial charge in [0.15, 0.2) is 5.82 Å². The third-order valence-corrected chi connectivity index (χ3v) is 6.26. The van der Waals surface area contributed by atoms with Crippen molar-refractivity contribution in [2.45, 2.75) is 18.9 Å². The SMILES string of the molecule is Nc1ncnn2cc(C(=O)NC3CC3)c(-c3ccc(NC(=O)Nc4cccc(Oc5ccccc5)c4)cc3)c12. The Balaban J connectivity index is 1.18. The minimum atomic E-state index is -0.406. The molecule has 3 aromatic carbocycles. The molecular weight excluding hydrogens is 494 g/mol. The van der Waals surface area contributed by atoms with Crippen LogP contribution in [0.15, 0.2) is 91.4 Å². The van der Waals surface area contributed by atoms with E-state index in [0.29, 0.717) is 39.5 Å². The molecule has 2 aromatic heterocycles. The van der Waals surface area contributed by atoms with Crippen LogP contribution in [0.2, 0.25) is 0 Å². The zero-order chi connectivity index (χ0) is 26.8. The largest absolute Gasteiger partial charge is 0.457 e. The van der Waals surface area contributed by atoms with E-state index in [1.54, 1.807) is 41.0 Å². The molecule has 194 valence electrons. The van der Waals surface area contributed by atoms with Crippen LogP contribution in [0.4, 0.5) is 22.0 Å². The number of nitrogens with two attached hydrogens (primary N) is 1. The minimum absolute atomic E-state index is 0.183. The van der Waals surface area contributed by atoms with E-state index in [2.05, 4.69) is 26.0 Å². The third-order valence-electron chi connectivity index (χ3n) is 6.26. The molecule has 0 radical (unpaired) electrons. The highest BCUT2D eigenvalue weighted by Crippen LogP contribution is 2.34. The number of carbonyl (C=O) groups excluding carboxylic acids is 2. The monoisotopic (exact) mass is 519 g/mol. The average molecular weight is 520 g/mol. The van der Waals surface area contributed by atoms with Crippen molar-refractivity contribution in [3.8, 4) is 22.6 Å². The summed E-state index contributed by atoms with van der Waals surface area (Å²) >= 11 is 0. The second-order valence-corrected chi connectivity index (χ2v) is 9.20. The summed E-state index contributed by atoms with van der Waals surface area (Å²) in [6.45, 7) is 0. The van der Waals surface area contributed by atoms with Crippen LogP contribution in [-0.2, 0) is 0 Å². The molecule has 0 bridgehead atoms. The van der Waals surface area contributed by atoms with Crippen LogP contribution < -0.4 is 26.4 Å². The van der Waals surface area contributed by atoms with Crippen molar-refractivity contribution in [1.29, 1.82) is 0 Å². The highest BCUT2D eigenvalue weighted by atomic mass is 16.5. The number of hydrogen-bond donors (Lipinski definition) is 4. The van der Waals surface area contributed by atoms with Gasteiger partial charge in [-0.1, -0.05) is 36.4 Å². The standard InChI is InChI=1S/C29H25N7O3/c30-27-26-25(24(16-36(26)32-17-31-27)28(37)33-19-13-14-19)18-9-11-20(12-10-18)34-29(38)35-21-5-4-8-23(15-21)39-22-6-2-1-3-7-22/h1-12,15-17,19H,13-14H2,(H,33,37)(H2,30,31,32)(H2,34,35,38). The molecule has 10 nitrogen and oxygen atoms in total. The number of anilines is 3. The van der Waals surface area contributed by atoms with Crippen LogP contribution in [0, 0.1) is 0 Å². The molecule has 2 heterocycles. The molecule has 1 aliphatic carbocycles. The summed E-state index contributed by atoms with van der Waals surface area (Å²) in [7, 11) is 0. The van der Waals surface area contributed by atoms with Gasteiger partial charge in [-0.2, -0.15) is 5.10 Å². The van der Waals surface area contributed by atoms with Gasteiger partial charge in [0.1, 0.15) is 23.3 Å². The van der Waals surface area contributed by atoms with E-state index in [0.717, 1.165) is 18.4 Å². The number of nitrogens with one attached hydrogen (secondary N) is 3. The number of amides is 3. The first-order valence-electron chi connectivity index (χ1n) is 12.5. The number of nitrogens with zero attached hydrogens (tertiary/aromatic N) is 3. The maximum absolute atomic E-state index is 13.0. The smallest absolute Gasteiger partial charge is 0.323 e. The Bertz CT molecular complexity index is 1660. The lowest BCUT2D eigenvalue weighted by Gasteiger charge is -2.11. The van der Waals surface area contributed by atoms with E-state index >= 15 is 0 Å². The number of fused-ring (bicyclic) bond motifs is 1. The van der Waals surface area contributed by atoms with E-state index in [4.69, 9.17) is 10.5 Å². The van der Waals surface area contributed by atoms with Gasteiger partial charge in [-0.25, -0.2) is 14.3 Å². The topological polar surface area (TPSA) is 136 Å². The molecule has 3 amide bonds. The predicted octanol–water partition coefficient (Wildman–Crippen LogP) is 5.31. The molecule has 0 spiro atoms. The van der Waals surface area contributed by atoms with Crippen molar-refractivity contribution >= 4 is 34.6 Å². The fraction of sp³-hybridized carbons (Fsp3) is 0.103. The van der Waals surface area contributed by atoms with Crippen molar-refractivity contribution in [3.05, 3.63) is 97.0 Å². The third kappa shape index (κ3) is 5.35. The molecule has 0 unspecified atom stereocenters. The number of benzene rings is 3. The Labute approximate surface area is 223 Å². The molecule has 39 heavy (non-hydrogen) atoms. The fourth-order valence-corrected chi connectivity index (χ4v) is 4.27. The first-order valence-corrected chi connectivity index (χ1v) is 12.5. The van der Waals surface area contributed by atoms with E-state index in [-0.39, 0.29) is 17.8 Å². The number of rotatable bonds is 7. The van der Waals surface area contributed by atoms with Crippen molar-refractivity contribution < 1.29 is 14.3 Å². The first kappa shape index (κ1) is 24.0. The number of urea groups is 1. The Hall–Kier alpha value is -5.38. The number of carbonyl (C=O) groups is 2. The van der Waals surface area contributed by atoms with Crippen LogP contribution >= 0.6 is 0 Å². The zero-order valence-electron chi connectivity index (χ0n) is 20.8. The molecule has 1 saturated carbocycles. The summed E-state index contributed by atoms with van der Waals surface area (Å²) in [4.78, 5) is 29.8. The Kier molecular flexibility index (Phi) is 6.26. The lowest BCUT2D eigenvalue weighted by Crippen LogP contribution is -2.25. The van der Waals surface area contributed by atoms with Crippen LogP contribution in [0.3, 0.4) is 0 Å². The van der Waals surface area contributed by atoms with Crippen LogP contribution in [-0.4, -0.2) is 32.6 Å². The molecular formula is C29H25N7O3. The number of hydrogen-bond acceptors (Lipinski definition) is 6. The van der Waals surface area contributed by atoms with Crippen molar-refractivity contribution in [2.24, 2.45) is 0 Å². The quantitative estimate of drug-likeness (QED) is 0.230. The summed E-state index contributed by atoms with van der Waals surface area (Å²) in [5.41, 5.74) is 9.72. The van der Waals surface area contributed by atoms with E-state index in [9.17, 15) is 9.59 Å². The maximum atomic E-state index is 13.0. The summed E-state index contributed by atoms with van der Waals surface area (Å²) in [6, 6.07) is 23.5. The average Bonchev–Trinajstić information content (AvgIpc) is 3.66. The van der Waals surface area contributed by atoms with Gasteiger partial charge in [0.05, 0.1) is 5.56 Å². The van der Waals surface area contributed by atoms with Gasteiger partial charge in [0.2, 0.25) is 0 Å². The molecule has 5 aromatic rings. The van der Waals surface area contributed by atoms with Gasteiger partial charge in [0.25, 0.3) is 5.91 Å². The number of para-hydroxylation sites is 1. The van der Waals surface area contributed by atoms with E-state index in [1.165, 1.54) is 6.33 Å². The van der Waals surface area contributed by atoms with Crippen LogP contribution in [0.25, 0.3) is 16.6 Å².